The van der Waals surface area contributed by atoms with E-state index in [0.717, 1.165) is 37.1 Å². The zero-order chi connectivity index (χ0) is 17.1. The molecule has 0 spiro atoms. The van der Waals surface area contributed by atoms with Gasteiger partial charge in [0.2, 0.25) is 11.8 Å². The zero-order valence-electron chi connectivity index (χ0n) is 13.7. The predicted octanol–water partition coefficient (Wildman–Crippen LogP) is 1.69. The van der Waals surface area contributed by atoms with Crippen molar-refractivity contribution < 1.29 is 14.4 Å². The molecule has 0 aromatic heterocycles. The highest BCUT2D eigenvalue weighted by molar-refractivity contribution is 5.98. The van der Waals surface area contributed by atoms with Crippen LogP contribution in [0.5, 0.6) is 0 Å². The molecule has 0 saturated carbocycles. The van der Waals surface area contributed by atoms with E-state index in [2.05, 4.69) is 5.32 Å². The Morgan fingerprint density at radius 1 is 1.29 bits per heavy atom. The van der Waals surface area contributed by atoms with Crippen LogP contribution in [-0.4, -0.2) is 35.7 Å². The minimum atomic E-state index is -0.282. The van der Waals surface area contributed by atoms with E-state index in [0.29, 0.717) is 37.3 Å². The third kappa shape index (κ3) is 3.75. The molecule has 1 fully saturated rings. The van der Waals surface area contributed by atoms with Crippen LogP contribution in [0, 0.1) is 5.92 Å². The van der Waals surface area contributed by atoms with Crippen LogP contribution in [0.15, 0.2) is 18.2 Å². The van der Waals surface area contributed by atoms with Gasteiger partial charge in [0.05, 0.1) is 0 Å². The normalized spacial score (nSPS) is 20.2. The van der Waals surface area contributed by atoms with Gasteiger partial charge >= 0.3 is 0 Å². The number of amides is 3. The van der Waals surface area contributed by atoms with Gasteiger partial charge in [0, 0.05) is 37.2 Å². The molecular formula is C18H23N3O3. The number of primary amides is 1. The maximum atomic E-state index is 12.8. The lowest BCUT2D eigenvalue weighted by molar-refractivity contribution is -0.118. The summed E-state index contributed by atoms with van der Waals surface area (Å²) >= 11 is 0. The fraction of sp³-hybridized carbons (Fsp3) is 0.500. The van der Waals surface area contributed by atoms with Crippen molar-refractivity contribution in [2.75, 3.05) is 18.4 Å². The second-order valence-electron chi connectivity index (χ2n) is 6.68. The number of nitrogens with two attached hydrogens (primary N) is 1. The van der Waals surface area contributed by atoms with Gasteiger partial charge in [-0.25, -0.2) is 0 Å². The van der Waals surface area contributed by atoms with Crippen molar-refractivity contribution in [1.82, 2.24) is 4.90 Å². The van der Waals surface area contributed by atoms with E-state index < -0.39 is 0 Å². The second-order valence-corrected chi connectivity index (χ2v) is 6.68. The van der Waals surface area contributed by atoms with Crippen LogP contribution in [-0.2, 0) is 16.0 Å². The first-order valence-electron chi connectivity index (χ1n) is 8.53. The summed E-state index contributed by atoms with van der Waals surface area (Å²) in [5.74, 6) is 0.107. The topological polar surface area (TPSA) is 92.5 Å². The Hall–Kier alpha value is -2.37. The summed E-state index contributed by atoms with van der Waals surface area (Å²) in [7, 11) is 0. The van der Waals surface area contributed by atoms with E-state index in [-0.39, 0.29) is 17.7 Å². The molecule has 1 aromatic rings. The fourth-order valence-electron chi connectivity index (χ4n) is 3.53. The molecule has 128 valence electrons. The quantitative estimate of drug-likeness (QED) is 0.880. The molecule has 6 heteroatoms. The monoisotopic (exact) mass is 329 g/mol. The summed E-state index contributed by atoms with van der Waals surface area (Å²) in [5.41, 5.74) is 7.71. The summed E-state index contributed by atoms with van der Waals surface area (Å²) in [5, 5.41) is 2.83. The van der Waals surface area contributed by atoms with Crippen LogP contribution in [0.4, 0.5) is 5.69 Å². The molecule has 2 aliphatic heterocycles. The first-order valence-corrected chi connectivity index (χ1v) is 8.53. The van der Waals surface area contributed by atoms with Crippen molar-refractivity contribution in [3.8, 4) is 0 Å². The van der Waals surface area contributed by atoms with E-state index in [1.807, 2.05) is 17.0 Å². The minimum Gasteiger partial charge on any atom is -0.370 e. The van der Waals surface area contributed by atoms with Crippen LogP contribution in [0.1, 0.15) is 48.0 Å². The molecule has 1 saturated heterocycles. The predicted molar refractivity (Wildman–Crippen MR) is 90.4 cm³/mol. The molecule has 3 amide bonds. The van der Waals surface area contributed by atoms with Crippen LogP contribution in [0.3, 0.4) is 0 Å². The Bertz CT molecular complexity index is 671. The van der Waals surface area contributed by atoms with Crippen LogP contribution >= 0.6 is 0 Å². The number of hydrogen-bond acceptors (Lipinski definition) is 3. The number of hydrogen-bond donors (Lipinski definition) is 2. The number of rotatable bonds is 4. The Morgan fingerprint density at radius 2 is 2.12 bits per heavy atom. The van der Waals surface area contributed by atoms with Crippen molar-refractivity contribution in [2.45, 2.75) is 38.5 Å². The Balaban J connectivity index is 1.67. The number of aryl methyl sites for hydroxylation is 1. The number of anilines is 1. The summed E-state index contributed by atoms with van der Waals surface area (Å²) in [6, 6.07) is 5.48. The highest BCUT2D eigenvalue weighted by Crippen LogP contribution is 2.26. The molecule has 3 N–H and O–H groups in total. The summed E-state index contributed by atoms with van der Waals surface area (Å²) < 4.78 is 0. The first-order chi connectivity index (χ1) is 11.5. The van der Waals surface area contributed by atoms with E-state index >= 15 is 0 Å². The number of carbonyl (C=O) groups excluding carboxylic acids is 3. The van der Waals surface area contributed by atoms with Crippen LogP contribution < -0.4 is 11.1 Å². The number of fused-ring (bicyclic) bond motifs is 1. The van der Waals surface area contributed by atoms with E-state index in [4.69, 9.17) is 5.73 Å². The summed E-state index contributed by atoms with van der Waals surface area (Å²) in [4.78, 5) is 37.0. The highest BCUT2D eigenvalue weighted by Gasteiger charge is 2.25. The maximum Gasteiger partial charge on any atom is 0.253 e. The van der Waals surface area contributed by atoms with Gasteiger partial charge in [-0.3, -0.25) is 14.4 Å². The second kappa shape index (κ2) is 7.03. The van der Waals surface area contributed by atoms with Gasteiger partial charge in [-0.15, -0.1) is 0 Å². The van der Waals surface area contributed by atoms with Crippen molar-refractivity contribution in [3.05, 3.63) is 29.3 Å². The molecule has 3 rings (SSSR count). The molecule has 0 radical (unpaired) electrons. The molecule has 0 aliphatic carbocycles. The molecule has 2 aliphatic rings. The average Bonchev–Trinajstić information content (AvgIpc) is 2.59. The SMILES string of the molecule is NC(=O)CCC1CCCN(C(=O)c2ccc3c(c2)CCC(=O)N3)C1. The number of benzene rings is 1. The lowest BCUT2D eigenvalue weighted by atomic mass is 9.92. The molecule has 1 atom stereocenters. The molecule has 2 heterocycles. The molecule has 1 aromatic carbocycles. The van der Waals surface area contributed by atoms with E-state index in [1.54, 1.807) is 6.07 Å². The van der Waals surface area contributed by atoms with Crippen LogP contribution in [0.2, 0.25) is 0 Å². The smallest absolute Gasteiger partial charge is 0.253 e. The minimum absolute atomic E-state index is 0.0231. The lowest BCUT2D eigenvalue weighted by Crippen LogP contribution is -2.40. The van der Waals surface area contributed by atoms with Gasteiger partial charge in [0.1, 0.15) is 0 Å². The maximum absolute atomic E-state index is 12.8. The fourth-order valence-corrected chi connectivity index (χ4v) is 3.53. The molecule has 6 nitrogen and oxygen atoms in total. The Labute approximate surface area is 141 Å². The van der Waals surface area contributed by atoms with Gasteiger partial charge in [0.15, 0.2) is 0 Å². The number of carbonyl (C=O) groups is 3. The number of nitrogens with one attached hydrogen (secondary N) is 1. The van der Waals surface area contributed by atoms with Crippen molar-refractivity contribution in [3.63, 3.8) is 0 Å². The van der Waals surface area contributed by atoms with Gasteiger partial charge in [-0.1, -0.05) is 0 Å². The van der Waals surface area contributed by atoms with Crippen molar-refractivity contribution in [1.29, 1.82) is 0 Å². The van der Waals surface area contributed by atoms with Gasteiger partial charge in [-0.05, 0) is 55.4 Å². The average molecular weight is 329 g/mol. The summed E-state index contributed by atoms with van der Waals surface area (Å²) in [6.45, 7) is 1.43. The first kappa shape index (κ1) is 16.5. The van der Waals surface area contributed by atoms with Crippen molar-refractivity contribution >= 4 is 23.4 Å². The standard InChI is InChI=1S/C18H23N3O3/c19-16(22)7-3-12-2-1-9-21(11-12)18(24)14-4-6-15-13(10-14)5-8-17(23)20-15/h4,6,10,12H,1-3,5,7-9,11H2,(H2,19,22)(H,20,23). The number of nitrogens with zero attached hydrogens (tertiary/aromatic N) is 1. The van der Waals surface area contributed by atoms with Crippen molar-refractivity contribution in [2.24, 2.45) is 11.7 Å². The largest absolute Gasteiger partial charge is 0.370 e. The summed E-state index contributed by atoms with van der Waals surface area (Å²) in [6.07, 6.45) is 4.25. The molecular weight excluding hydrogens is 306 g/mol. The van der Waals surface area contributed by atoms with Crippen LogP contribution in [0.25, 0.3) is 0 Å². The molecule has 0 bridgehead atoms. The third-order valence-corrected chi connectivity index (χ3v) is 4.85. The Kier molecular flexibility index (Phi) is 4.83. The molecule has 24 heavy (non-hydrogen) atoms. The number of likely N-dealkylation sites (tertiary alicyclic amines) is 1. The third-order valence-electron chi connectivity index (χ3n) is 4.85. The van der Waals surface area contributed by atoms with E-state index in [9.17, 15) is 14.4 Å². The highest BCUT2D eigenvalue weighted by atomic mass is 16.2. The lowest BCUT2D eigenvalue weighted by Gasteiger charge is -2.33. The molecule has 1 unspecified atom stereocenters. The van der Waals surface area contributed by atoms with Gasteiger partial charge in [0.25, 0.3) is 5.91 Å². The van der Waals surface area contributed by atoms with E-state index in [1.165, 1.54) is 0 Å². The zero-order valence-corrected chi connectivity index (χ0v) is 13.7. The van der Waals surface area contributed by atoms with Gasteiger partial charge < -0.3 is 16.0 Å². The number of piperidine rings is 1. The Morgan fingerprint density at radius 3 is 2.92 bits per heavy atom. The van der Waals surface area contributed by atoms with Gasteiger partial charge in [-0.2, -0.15) is 0 Å².